The molecule has 1 aromatic rings. The van der Waals surface area contributed by atoms with Gasteiger partial charge in [-0.25, -0.2) is 0 Å². The number of hydrogen-bond donors (Lipinski definition) is 2. The zero-order valence-corrected chi connectivity index (χ0v) is 14.3. The lowest BCUT2D eigenvalue weighted by Crippen LogP contribution is -2.48. The van der Waals surface area contributed by atoms with E-state index >= 15 is 0 Å². The Labute approximate surface area is 147 Å². The van der Waals surface area contributed by atoms with Gasteiger partial charge in [0.1, 0.15) is 0 Å². The first-order valence-electron chi connectivity index (χ1n) is 8.66. The first kappa shape index (κ1) is 17.8. The van der Waals surface area contributed by atoms with Crippen LogP contribution in [-0.2, 0) is 20.9 Å². The summed E-state index contributed by atoms with van der Waals surface area (Å²) < 4.78 is 5.71. The Morgan fingerprint density at radius 1 is 1.12 bits per heavy atom. The van der Waals surface area contributed by atoms with Crippen molar-refractivity contribution in [2.75, 3.05) is 45.9 Å². The van der Waals surface area contributed by atoms with Crippen LogP contribution in [0.3, 0.4) is 0 Å². The van der Waals surface area contributed by atoms with Gasteiger partial charge in [0.2, 0.25) is 5.91 Å². The molecule has 7 nitrogen and oxygen atoms in total. The second-order valence-electron chi connectivity index (χ2n) is 6.84. The number of carbonyl (C=O) groups is 2. The highest BCUT2D eigenvalue weighted by molar-refractivity contribution is 5.78. The van der Waals surface area contributed by atoms with Crippen LogP contribution in [0.5, 0.6) is 0 Å². The number of amides is 1. The lowest BCUT2D eigenvalue weighted by atomic mass is 10.1. The fraction of sp³-hybridized carbons (Fsp3) is 0.556. The topological polar surface area (TPSA) is 82.1 Å². The third-order valence-corrected chi connectivity index (χ3v) is 4.70. The molecule has 2 saturated heterocycles. The quantitative estimate of drug-likeness (QED) is 0.755. The molecule has 25 heavy (non-hydrogen) atoms. The fourth-order valence-electron chi connectivity index (χ4n) is 3.58. The highest BCUT2D eigenvalue weighted by Gasteiger charge is 2.34. The van der Waals surface area contributed by atoms with E-state index in [1.165, 1.54) is 0 Å². The van der Waals surface area contributed by atoms with Crippen LogP contribution in [0.2, 0.25) is 0 Å². The third-order valence-electron chi connectivity index (χ3n) is 4.70. The smallest absolute Gasteiger partial charge is 0.317 e. The van der Waals surface area contributed by atoms with Crippen LogP contribution >= 0.6 is 0 Å². The van der Waals surface area contributed by atoms with E-state index in [1.807, 2.05) is 35.2 Å². The molecule has 2 bridgehead atoms. The van der Waals surface area contributed by atoms with E-state index in [2.05, 4.69) is 10.2 Å². The number of fused-ring (bicyclic) bond motifs is 3. The predicted molar refractivity (Wildman–Crippen MR) is 92.0 cm³/mol. The van der Waals surface area contributed by atoms with Gasteiger partial charge in [0, 0.05) is 38.1 Å². The second kappa shape index (κ2) is 8.42. The molecule has 1 amide bonds. The van der Waals surface area contributed by atoms with Crippen LogP contribution in [0.15, 0.2) is 30.3 Å². The molecule has 0 radical (unpaired) electrons. The van der Waals surface area contributed by atoms with Crippen molar-refractivity contribution >= 4 is 11.9 Å². The molecule has 3 rings (SSSR count). The second-order valence-corrected chi connectivity index (χ2v) is 6.84. The van der Waals surface area contributed by atoms with Crippen molar-refractivity contribution in [1.82, 2.24) is 15.1 Å². The number of nitrogens with one attached hydrogen (secondary N) is 1. The van der Waals surface area contributed by atoms with Crippen molar-refractivity contribution in [3.8, 4) is 0 Å². The molecule has 2 fully saturated rings. The van der Waals surface area contributed by atoms with Crippen molar-refractivity contribution in [1.29, 1.82) is 0 Å². The standard InChI is InChI=1S/C18H25N3O4/c22-17(19-6-14-4-2-1-3-5-14)10-21-8-15-7-20(11-18(23)24)9-16(21)13-25-12-15/h1-5,15-16H,6-13H2,(H,19,22)(H,23,24)/t15-,16-/m0/s1. The monoisotopic (exact) mass is 347 g/mol. The third kappa shape index (κ3) is 5.26. The van der Waals surface area contributed by atoms with Crippen molar-refractivity contribution < 1.29 is 19.4 Å². The molecule has 2 aliphatic heterocycles. The number of rotatable bonds is 6. The lowest BCUT2D eigenvalue weighted by Gasteiger charge is -2.30. The number of hydrogen-bond acceptors (Lipinski definition) is 5. The van der Waals surface area contributed by atoms with Gasteiger partial charge in [0.25, 0.3) is 0 Å². The lowest BCUT2D eigenvalue weighted by molar-refractivity contribution is -0.138. The molecule has 2 N–H and O–H groups in total. The van der Waals surface area contributed by atoms with Gasteiger partial charge in [-0.05, 0) is 5.56 Å². The fourth-order valence-corrected chi connectivity index (χ4v) is 3.58. The van der Waals surface area contributed by atoms with Gasteiger partial charge < -0.3 is 15.2 Å². The molecule has 0 aliphatic carbocycles. The summed E-state index contributed by atoms with van der Waals surface area (Å²) in [5.74, 6) is -0.594. The van der Waals surface area contributed by atoms with E-state index in [4.69, 9.17) is 9.84 Å². The number of carboxylic acids is 1. The molecule has 2 atom stereocenters. The van der Waals surface area contributed by atoms with E-state index in [9.17, 15) is 9.59 Å². The summed E-state index contributed by atoms with van der Waals surface area (Å²) in [6, 6.07) is 9.87. The summed E-state index contributed by atoms with van der Waals surface area (Å²) in [4.78, 5) is 27.5. The molecule has 0 spiro atoms. The minimum absolute atomic E-state index is 0.0128. The summed E-state index contributed by atoms with van der Waals surface area (Å²) in [6.07, 6.45) is 0. The maximum atomic E-state index is 12.3. The Balaban J connectivity index is 1.56. The average Bonchev–Trinajstić information content (AvgIpc) is 2.83. The van der Waals surface area contributed by atoms with E-state index < -0.39 is 5.97 Å². The molecule has 1 aromatic carbocycles. The van der Waals surface area contributed by atoms with Gasteiger partial charge in [0.15, 0.2) is 0 Å². The van der Waals surface area contributed by atoms with Crippen LogP contribution in [0.4, 0.5) is 0 Å². The van der Waals surface area contributed by atoms with Crippen LogP contribution in [0.25, 0.3) is 0 Å². The zero-order valence-electron chi connectivity index (χ0n) is 14.3. The Bertz CT molecular complexity index is 595. The summed E-state index contributed by atoms with van der Waals surface area (Å²) in [7, 11) is 0. The summed E-state index contributed by atoms with van der Waals surface area (Å²) in [5.41, 5.74) is 1.07. The molecule has 136 valence electrons. The number of carboxylic acid groups (broad SMARTS) is 1. The van der Waals surface area contributed by atoms with Gasteiger partial charge in [-0.1, -0.05) is 30.3 Å². The predicted octanol–water partition coefficient (Wildman–Crippen LogP) is 0.0200. The van der Waals surface area contributed by atoms with Crippen LogP contribution in [-0.4, -0.2) is 78.8 Å². The molecular formula is C18H25N3O4. The molecule has 0 saturated carbocycles. The number of aliphatic carboxylic acids is 1. The first-order chi connectivity index (χ1) is 12.1. The van der Waals surface area contributed by atoms with E-state index in [0.717, 1.165) is 12.1 Å². The SMILES string of the molecule is O=C(O)CN1C[C@@H]2COC[C@H](C1)N(CC(=O)NCc1ccccc1)C2. The van der Waals surface area contributed by atoms with Gasteiger partial charge >= 0.3 is 5.97 Å². The number of nitrogens with zero attached hydrogens (tertiary/aromatic N) is 2. The molecular weight excluding hydrogens is 322 g/mol. The van der Waals surface area contributed by atoms with Crippen molar-refractivity contribution in [2.24, 2.45) is 5.92 Å². The van der Waals surface area contributed by atoms with Crippen molar-refractivity contribution in [3.63, 3.8) is 0 Å². The minimum Gasteiger partial charge on any atom is -0.480 e. The Kier molecular flexibility index (Phi) is 6.01. The summed E-state index contributed by atoms with van der Waals surface area (Å²) in [6.45, 7) is 4.12. The van der Waals surface area contributed by atoms with E-state index in [0.29, 0.717) is 39.4 Å². The summed E-state index contributed by atoms with van der Waals surface area (Å²) in [5, 5.41) is 12.0. The number of benzene rings is 1. The van der Waals surface area contributed by atoms with Crippen LogP contribution in [0, 0.1) is 5.92 Å². The molecule has 7 heteroatoms. The maximum absolute atomic E-state index is 12.3. The van der Waals surface area contributed by atoms with E-state index in [1.54, 1.807) is 0 Å². The Morgan fingerprint density at radius 3 is 2.68 bits per heavy atom. The summed E-state index contributed by atoms with van der Waals surface area (Å²) >= 11 is 0. The van der Waals surface area contributed by atoms with Gasteiger partial charge in [-0.2, -0.15) is 0 Å². The normalized spacial score (nSPS) is 24.5. The molecule has 0 unspecified atom stereocenters. The number of ether oxygens (including phenoxy) is 1. The van der Waals surface area contributed by atoms with Crippen LogP contribution < -0.4 is 5.32 Å². The van der Waals surface area contributed by atoms with Gasteiger partial charge in [-0.3, -0.25) is 19.4 Å². The largest absolute Gasteiger partial charge is 0.480 e. The zero-order chi connectivity index (χ0) is 17.6. The number of carbonyl (C=O) groups excluding carboxylic acids is 1. The van der Waals surface area contributed by atoms with Gasteiger partial charge in [-0.15, -0.1) is 0 Å². The highest BCUT2D eigenvalue weighted by Crippen LogP contribution is 2.19. The van der Waals surface area contributed by atoms with Crippen LogP contribution in [0.1, 0.15) is 5.56 Å². The van der Waals surface area contributed by atoms with Gasteiger partial charge in [0.05, 0.1) is 26.3 Å². The highest BCUT2D eigenvalue weighted by atomic mass is 16.5. The Hall–Kier alpha value is -1.96. The molecule has 2 heterocycles. The van der Waals surface area contributed by atoms with Crippen molar-refractivity contribution in [2.45, 2.75) is 12.6 Å². The maximum Gasteiger partial charge on any atom is 0.317 e. The minimum atomic E-state index is -0.812. The first-order valence-corrected chi connectivity index (χ1v) is 8.66. The van der Waals surface area contributed by atoms with E-state index in [-0.39, 0.29) is 24.4 Å². The average molecular weight is 347 g/mol. The Morgan fingerprint density at radius 2 is 1.92 bits per heavy atom. The van der Waals surface area contributed by atoms with Crippen molar-refractivity contribution in [3.05, 3.63) is 35.9 Å². The molecule has 2 aliphatic rings. The molecule has 0 aromatic heterocycles.